The van der Waals surface area contributed by atoms with Crippen LogP contribution in [0.1, 0.15) is 31.3 Å². The molecule has 1 aliphatic heterocycles. The third-order valence-corrected chi connectivity index (χ3v) is 8.05. The van der Waals surface area contributed by atoms with Gasteiger partial charge in [-0.25, -0.2) is 17.8 Å². The first-order valence-electron chi connectivity index (χ1n) is 14.5. The molecule has 1 fully saturated rings. The lowest BCUT2D eigenvalue weighted by atomic mass is 10.0. The Labute approximate surface area is 243 Å². The van der Waals surface area contributed by atoms with E-state index in [4.69, 9.17) is 19.5 Å². The van der Waals surface area contributed by atoms with Crippen molar-refractivity contribution in [3.8, 4) is 0 Å². The maximum Gasteiger partial charge on any atom is 0.469 e. The molecule has 0 aromatic heterocycles. The second-order valence-electron chi connectivity index (χ2n) is 9.62. The molecular formula is C25H34N3O11PS. The van der Waals surface area contributed by atoms with Gasteiger partial charge in [0.25, 0.3) is 5.69 Å². The number of hydrogen-bond acceptors (Lipinski definition) is 9. The average molecular weight is 620 g/mol. The fourth-order valence-corrected chi connectivity index (χ4v) is 6.04. The number of nitro groups is 1. The summed E-state index contributed by atoms with van der Waals surface area (Å²) in [7, 11) is -10.4. The highest BCUT2D eigenvalue weighted by Crippen LogP contribution is 2.39. The number of nitrogens with zero attached hydrogens (tertiary/aromatic N) is 2. The summed E-state index contributed by atoms with van der Waals surface area (Å²) in [4.78, 5) is 41.6. The molecule has 226 valence electrons. The molecule has 1 heterocycles. The van der Waals surface area contributed by atoms with E-state index >= 15 is 0 Å². The summed E-state index contributed by atoms with van der Waals surface area (Å²) in [5.41, 5.74) is -0.653. The lowest BCUT2D eigenvalue weighted by molar-refractivity contribution is -0.384. The van der Waals surface area contributed by atoms with Crippen LogP contribution >= 0.6 is 7.82 Å². The van der Waals surface area contributed by atoms with Gasteiger partial charge in [-0.3, -0.25) is 14.6 Å². The third-order valence-electron chi connectivity index (χ3n) is 5.81. The molecule has 0 spiro atoms. The second kappa shape index (κ2) is 14.3. The number of nitrogens with one attached hydrogen (secondary N) is 1. The minimum atomic E-state index is -5.36. The first kappa shape index (κ1) is 27.0. The molecule has 0 saturated carbocycles. The Balaban J connectivity index is 2.11. The van der Waals surface area contributed by atoms with Crippen LogP contribution in [0.3, 0.4) is 0 Å². The standard InChI is InChI=1S/C25H34N3O11PS/c1-18(2)15-27(41(35,36)22-10-8-20(9-11-22)28(30)31)16-24(39-40(32,33)34)23(14-19-6-4-3-5-7-19)26-25(29)38-21-12-13-37-17-21/h3-11,18,21,23-24H,12-17H2,1-2H3,(H,26,29)(H2,32,33,34)/t21-,23-,24+/m0/s1/i8D,9D,10D,11D. The van der Waals surface area contributed by atoms with E-state index < -0.39 is 94.3 Å². The van der Waals surface area contributed by atoms with Crippen molar-refractivity contribution in [1.29, 1.82) is 0 Å². The van der Waals surface area contributed by atoms with Crippen LogP contribution in [-0.4, -0.2) is 78.1 Å². The average Bonchev–Trinajstić information content (AvgIpc) is 3.43. The highest BCUT2D eigenvalue weighted by molar-refractivity contribution is 7.89. The van der Waals surface area contributed by atoms with Gasteiger partial charge in [0.15, 0.2) is 0 Å². The van der Waals surface area contributed by atoms with Gasteiger partial charge in [0.2, 0.25) is 10.0 Å². The Bertz CT molecular complexity index is 1510. The quantitative estimate of drug-likeness (QED) is 0.160. The summed E-state index contributed by atoms with van der Waals surface area (Å²) in [5.74, 6) is -0.462. The van der Waals surface area contributed by atoms with E-state index in [0.29, 0.717) is 22.9 Å². The van der Waals surface area contributed by atoms with Gasteiger partial charge in [-0.15, -0.1) is 0 Å². The van der Waals surface area contributed by atoms with Crippen molar-refractivity contribution in [1.82, 2.24) is 9.62 Å². The number of nitro benzene ring substituents is 1. The first-order valence-corrected chi connectivity index (χ1v) is 15.5. The zero-order valence-electron chi connectivity index (χ0n) is 26.3. The molecule has 3 N–H and O–H groups in total. The van der Waals surface area contributed by atoms with Crippen molar-refractivity contribution in [2.24, 2.45) is 5.92 Å². The number of phosphoric ester groups is 1. The number of phosphoric acid groups is 1. The zero-order chi connectivity index (χ0) is 33.7. The molecule has 3 atom stereocenters. The smallest absolute Gasteiger partial charge is 0.444 e. The Morgan fingerprint density at radius 2 is 1.90 bits per heavy atom. The Hall–Kier alpha value is -2.91. The van der Waals surface area contributed by atoms with Crippen LogP contribution in [0.2, 0.25) is 0 Å². The summed E-state index contributed by atoms with van der Waals surface area (Å²) < 4.78 is 88.8. The maximum atomic E-state index is 14.0. The molecular weight excluding hydrogens is 581 g/mol. The summed E-state index contributed by atoms with van der Waals surface area (Å²) in [6.07, 6.45) is -3.04. The molecule has 0 unspecified atom stereocenters. The number of sulfonamides is 1. The van der Waals surface area contributed by atoms with Crippen molar-refractivity contribution in [2.45, 2.75) is 49.8 Å². The monoisotopic (exact) mass is 619 g/mol. The van der Waals surface area contributed by atoms with Gasteiger partial charge < -0.3 is 24.6 Å². The number of benzene rings is 2. The van der Waals surface area contributed by atoms with Crippen molar-refractivity contribution in [3.63, 3.8) is 0 Å². The van der Waals surface area contributed by atoms with Gasteiger partial charge in [0, 0.05) is 31.6 Å². The molecule has 0 bridgehead atoms. The lowest BCUT2D eigenvalue weighted by Crippen LogP contribution is -2.52. The van der Waals surface area contributed by atoms with E-state index in [9.17, 15) is 37.7 Å². The van der Waals surface area contributed by atoms with Crippen LogP contribution < -0.4 is 5.32 Å². The van der Waals surface area contributed by atoms with E-state index in [1.54, 1.807) is 44.2 Å². The fourth-order valence-electron chi connectivity index (χ4n) is 4.02. The number of alkyl carbamates (subject to hydrolysis) is 1. The van der Waals surface area contributed by atoms with E-state index in [2.05, 4.69) is 5.32 Å². The first-order chi connectivity index (χ1) is 20.9. The van der Waals surface area contributed by atoms with Crippen molar-refractivity contribution in [2.75, 3.05) is 26.3 Å². The van der Waals surface area contributed by atoms with Gasteiger partial charge in [-0.05, 0) is 30.0 Å². The highest BCUT2D eigenvalue weighted by atomic mass is 32.2. The SMILES string of the molecule is [2H]c1c([2H])c(S(=O)(=O)N(CC(C)C)C[C@@H](OP(=O)(O)O)[C@H](Cc2ccccc2)NC(=O)O[C@H]2CCOC2)c([2H])c([2H])c1[N+](=O)[O-]. The number of carbonyl (C=O) groups is 1. The number of hydrogen-bond donors (Lipinski definition) is 3. The van der Waals surface area contributed by atoms with Crippen LogP contribution in [0.25, 0.3) is 0 Å². The normalized spacial score (nSPS) is 18.7. The molecule has 41 heavy (non-hydrogen) atoms. The molecule has 0 aliphatic carbocycles. The van der Waals surface area contributed by atoms with E-state index in [1.807, 2.05) is 0 Å². The van der Waals surface area contributed by atoms with Gasteiger partial charge in [0.1, 0.15) is 12.2 Å². The van der Waals surface area contributed by atoms with E-state index in [1.165, 1.54) is 0 Å². The molecule has 2 aromatic carbocycles. The van der Waals surface area contributed by atoms with Crippen LogP contribution in [-0.2, 0) is 35.0 Å². The van der Waals surface area contributed by atoms with Gasteiger partial charge in [0.05, 0.1) is 34.6 Å². The van der Waals surface area contributed by atoms with Crippen LogP contribution in [0, 0.1) is 16.0 Å². The van der Waals surface area contributed by atoms with Gasteiger partial charge in [-0.2, -0.15) is 4.31 Å². The number of ether oxygens (including phenoxy) is 2. The summed E-state index contributed by atoms with van der Waals surface area (Å²) >= 11 is 0. The van der Waals surface area contributed by atoms with Gasteiger partial charge in [-0.1, -0.05) is 44.2 Å². The molecule has 1 amide bonds. The topological polar surface area (TPSA) is 195 Å². The Kier molecular flexibility index (Phi) is 9.41. The molecule has 14 nitrogen and oxygen atoms in total. The molecule has 1 saturated heterocycles. The van der Waals surface area contributed by atoms with Gasteiger partial charge >= 0.3 is 13.9 Å². The molecule has 0 radical (unpaired) electrons. The fraction of sp³-hybridized carbons (Fsp3) is 0.480. The van der Waals surface area contributed by atoms with Crippen molar-refractivity contribution < 1.29 is 52.0 Å². The molecule has 2 aromatic rings. The molecule has 16 heteroatoms. The maximum absolute atomic E-state index is 14.0. The molecule has 3 rings (SSSR count). The summed E-state index contributed by atoms with van der Waals surface area (Å²) in [5, 5.41) is 13.9. The van der Waals surface area contributed by atoms with E-state index in [-0.39, 0.29) is 19.6 Å². The summed E-state index contributed by atoms with van der Waals surface area (Å²) in [6, 6.07) is 2.24. The minimum Gasteiger partial charge on any atom is -0.444 e. The largest absolute Gasteiger partial charge is 0.469 e. The Morgan fingerprint density at radius 3 is 2.44 bits per heavy atom. The van der Waals surface area contributed by atoms with Crippen LogP contribution in [0.5, 0.6) is 0 Å². The summed E-state index contributed by atoms with van der Waals surface area (Å²) in [6.45, 7) is 2.47. The minimum absolute atomic E-state index is 0.115. The lowest BCUT2D eigenvalue weighted by Gasteiger charge is -2.33. The van der Waals surface area contributed by atoms with Crippen LogP contribution in [0.4, 0.5) is 10.5 Å². The Morgan fingerprint density at radius 1 is 1.24 bits per heavy atom. The van der Waals surface area contributed by atoms with Crippen molar-refractivity contribution in [3.05, 3.63) is 70.2 Å². The molecule has 1 aliphatic rings. The van der Waals surface area contributed by atoms with Crippen molar-refractivity contribution >= 4 is 29.6 Å². The highest BCUT2D eigenvalue weighted by Gasteiger charge is 2.37. The number of carbonyl (C=O) groups excluding carboxylic acids is 1. The second-order valence-corrected chi connectivity index (χ2v) is 12.7. The predicted octanol–water partition coefficient (Wildman–Crippen LogP) is 2.85. The van der Waals surface area contributed by atoms with Crippen LogP contribution in [0.15, 0.2) is 59.4 Å². The number of rotatable bonds is 14. The predicted molar refractivity (Wildman–Crippen MR) is 146 cm³/mol. The zero-order valence-corrected chi connectivity index (χ0v) is 24.0. The number of amides is 1. The third kappa shape index (κ3) is 10.1. The van der Waals surface area contributed by atoms with E-state index in [0.717, 1.165) is 0 Å².